The summed E-state index contributed by atoms with van der Waals surface area (Å²) in [4.78, 5) is 10.4. The zero-order valence-electron chi connectivity index (χ0n) is 18.5. The van der Waals surface area contributed by atoms with Gasteiger partial charge in [0.2, 0.25) is 0 Å². The van der Waals surface area contributed by atoms with Crippen molar-refractivity contribution in [1.82, 2.24) is 9.97 Å². The summed E-state index contributed by atoms with van der Waals surface area (Å²) in [7, 11) is -2.76. The average Bonchev–Trinajstić information content (AvgIpc) is 3.24. The molecule has 4 rings (SSSR count). The minimum atomic E-state index is -2.76. The highest BCUT2D eigenvalue weighted by molar-refractivity contribution is 7.94. The van der Waals surface area contributed by atoms with Gasteiger partial charge in [0.15, 0.2) is 5.82 Å². The number of nitrogens with zero attached hydrogens (tertiary/aromatic N) is 3. The lowest BCUT2D eigenvalue weighted by Gasteiger charge is -2.14. The topological polar surface area (TPSA) is 55.2 Å². The summed E-state index contributed by atoms with van der Waals surface area (Å²) in [6, 6.07) is 16.1. The van der Waals surface area contributed by atoms with Gasteiger partial charge in [0.05, 0.1) is 25.3 Å². The van der Waals surface area contributed by atoms with Crippen LogP contribution in [0.1, 0.15) is 25.8 Å². The number of thiazole rings is 1. The number of aromatic nitrogens is 2. The van der Waals surface area contributed by atoms with Crippen LogP contribution in [0.25, 0.3) is 21.7 Å². The number of halogens is 2. The van der Waals surface area contributed by atoms with Crippen LogP contribution < -0.4 is 0 Å². The van der Waals surface area contributed by atoms with Gasteiger partial charge in [-0.25, -0.2) is 23.0 Å². The fourth-order valence-corrected chi connectivity index (χ4v) is 6.20. The Kier molecular flexibility index (Phi) is 6.67. The second kappa shape index (κ2) is 9.49. The van der Waals surface area contributed by atoms with Crippen molar-refractivity contribution in [3.05, 3.63) is 83.5 Å². The van der Waals surface area contributed by atoms with E-state index in [4.69, 9.17) is 0 Å². The molecular weight excluding hydrogens is 460 g/mol. The normalized spacial score (nSPS) is 13.2. The van der Waals surface area contributed by atoms with E-state index in [-0.39, 0.29) is 5.25 Å². The number of rotatable bonds is 6. The maximum Gasteiger partial charge on any atom is 0.162 e. The first-order chi connectivity index (χ1) is 15.8. The van der Waals surface area contributed by atoms with Crippen molar-refractivity contribution in [2.75, 3.05) is 0 Å². The van der Waals surface area contributed by atoms with E-state index in [9.17, 15) is 13.0 Å². The van der Waals surface area contributed by atoms with Crippen molar-refractivity contribution in [1.29, 1.82) is 0 Å². The van der Waals surface area contributed by atoms with E-state index in [1.807, 2.05) is 51.1 Å². The molecule has 1 atom stereocenters. The molecule has 8 heteroatoms. The predicted molar refractivity (Wildman–Crippen MR) is 130 cm³/mol. The Hall–Kier alpha value is -2.97. The predicted octanol–water partition coefficient (Wildman–Crippen LogP) is 7.28. The van der Waals surface area contributed by atoms with E-state index in [0.717, 1.165) is 21.5 Å². The van der Waals surface area contributed by atoms with Crippen molar-refractivity contribution in [3.8, 4) is 21.7 Å². The Morgan fingerprint density at radius 1 is 1.00 bits per heavy atom. The van der Waals surface area contributed by atoms with Crippen LogP contribution in [0.5, 0.6) is 0 Å². The number of hydrogen-bond acceptors (Lipinski definition) is 5. The minimum Gasteiger partial charge on any atom is -0.244 e. The smallest absolute Gasteiger partial charge is 0.162 e. The second-order valence-corrected chi connectivity index (χ2v) is 11.5. The average molecular weight is 484 g/mol. The molecule has 0 bridgehead atoms. The Morgan fingerprint density at radius 3 is 2.33 bits per heavy atom. The SMILES string of the molecule is CCc1nc(-c2cc(F)cc(F)c2)c(-c2ccnc(N=S(=O)(c3ccccc3)C(C)C)c2)s1. The van der Waals surface area contributed by atoms with Crippen LogP contribution in [0.4, 0.5) is 14.6 Å². The molecule has 0 fully saturated rings. The summed E-state index contributed by atoms with van der Waals surface area (Å²) in [6.07, 6.45) is 2.29. The highest BCUT2D eigenvalue weighted by Gasteiger charge is 2.20. The lowest BCUT2D eigenvalue weighted by molar-refractivity contribution is 0.584. The van der Waals surface area contributed by atoms with Gasteiger partial charge in [0.25, 0.3) is 0 Å². The summed E-state index contributed by atoms with van der Waals surface area (Å²) >= 11 is 1.45. The third-order valence-electron chi connectivity index (χ3n) is 5.07. The van der Waals surface area contributed by atoms with E-state index in [2.05, 4.69) is 14.3 Å². The summed E-state index contributed by atoms with van der Waals surface area (Å²) in [5.74, 6) is -0.989. The van der Waals surface area contributed by atoms with Crippen molar-refractivity contribution in [2.24, 2.45) is 4.36 Å². The standard InChI is InChI=1S/C25H23F2N3OS2/c1-4-23-29-24(18-12-19(26)15-20(27)13-18)25(32-23)17-10-11-28-22(14-17)30-33(31,16(2)3)21-8-6-5-7-9-21/h5-16H,4H2,1-3H3. The maximum absolute atomic E-state index is 13.9. The largest absolute Gasteiger partial charge is 0.244 e. The molecule has 0 N–H and O–H groups in total. The van der Waals surface area contributed by atoms with Gasteiger partial charge in [-0.1, -0.05) is 25.1 Å². The third-order valence-corrected chi connectivity index (χ3v) is 9.00. The maximum atomic E-state index is 13.9. The number of pyridine rings is 1. The van der Waals surface area contributed by atoms with E-state index in [1.165, 1.54) is 23.5 Å². The lowest BCUT2D eigenvalue weighted by atomic mass is 10.1. The molecule has 2 aromatic heterocycles. The zero-order chi connectivity index (χ0) is 23.6. The molecule has 2 aromatic carbocycles. The first-order valence-electron chi connectivity index (χ1n) is 10.5. The molecule has 2 heterocycles. The molecule has 170 valence electrons. The molecule has 1 unspecified atom stereocenters. The molecule has 0 radical (unpaired) electrons. The van der Waals surface area contributed by atoms with Crippen LogP contribution in [0.15, 0.2) is 76.1 Å². The molecule has 0 aliphatic heterocycles. The summed E-state index contributed by atoms with van der Waals surface area (Å²) < 4.78 is 46.2. The fourth-order valence-electron chi connectivity index (χ4n) is 3.39. The van der Waals surface area contributed by atoms with Crippen molar-refractivity contribution in [2.45, 2.75) is 37.3 Å². The molecule has 4 aromatic rings. The molecule has 0 saturated carbocycles. The summed E-state index contributed by atoms with van der Waals surface area (Å²) in [6.45, 7) is 5.72. The first kappa shape index (κ1) is 23.2. The van der Waals surface area contributed by atoms with E-state index in [1.54, 1.807) is 18.3 Å². The quantitative estimate of drug-likeness (QED) is 0.290. The molecular formula is C25H23F2N3OS2. The molecule has 33 heavy (non-hydrogen) atoms. The molecule has 4 nitrogen and oxygen atoms in total. The number of hydrogen-bond donors (Lipinski definition) is 0. The van der Waals surface area contributed by atoms with E-state index in [0.29, 0.717) is 28.4 Å². The molecule has 0 amide bonds. The monoisotopic (exact) mass is 483 g/mol. The zero-order valence-corrected chi connectivity index (χ0v) is 20.1. The van der Waals surface area contributed by atoms with Crippen LogP contribution in [0, 0.1) is 11.6 Å². The van der Waals surface area contributed by atoms with Gasteiger partial charge in [-0.05, 0) is 62.2 Å². The fraction of sp³-hybridized carbons (Fsp3) is 0.200. The van der Waals surface area contributed by atoms with E-state index >= 15 is 0 Å². The number of aryl methyl sites for hydroxylation is 1. The number of benzene rings is 2. The Labute approximate surface area is 196 Å². The minimum absolute atomic E-state index is 0.230. The van der Waals surface area contributed by atoms with Gasteiger partial charge < -0.3 is 0 Å². The van der Waals surface area contributed by atoms with Crippen molar-refractivity contribution >= 4 is 26.9 Å². The molecule has 0 saturated heterocycles. The molecule has 0 aliphatic rings. The van der Waals surface area contributed by atoms with Gasteiger partial charge in [-0.2, -0.15) is 4.36 Å². The van der Waals surface area contributed by atoms with Crippen LogP contribution in [0.2, 0.25) is 0 Å². The molecule has 0 spiro atoms. The summed E-state index contributed by atoms with van der Waals surface area (Å²) in [5.41, 5.74) is 1.61. The highest BCUT2D eigenvalue weighted by atomic mass is 32.2. The molecule has 0 aliphatic carbocycles. The van der Waals surface area contributed by atoms with Crippen LogP contribution >= 0.6 is 11.3 Å². The Bertz CT molecular complexity index is 1390. The highest BCUT2D eigenvalue weighted by Crippen LogP contribution is 2.38. The van der Waals surface area contributed by atoms with Gasteiger partial charge in [-0.3, -0.25) is 0 Å². The van der Waals surface area contributed by atoms with Gasteiger partial charge in [-0.15, -0.1) is 11.3 Å². The van der Waals surface area contributed by atoms with Crippen LogP contribution in [-0.2, 0) is 16.1 Å². The second-order valence-electron chi connectivity index (χ2n) is 7.72. The first-order valence-corrected chi connectivity index (χ1v) is 12.9. The van der Waals surface area contributed by atoms with E-state index < -0.39 is 21.4 Å². The summed E-state index contributed by atoms with van der Waals surface area (Å²) in [5, 5.41) is 0.613. The van der Waals surface area contributed by atoms with Gasteiger partial charge >= 0.3 is 0 Å². The van der Waals surface area contributed by atoms with Crippen LogP contribution in [-0.4, -0.2) is 19.4 Å². The lowest BCUT2D eigenvalue weighted by Crippen LogP contribution is -2.13. The Balaban J connectivity index is 1.86. The third kappa shape index (κ3) is 4.86. The van der Waals surface area contributed by atoms with Crippen LogP contribution in [0.3, 0.4) is 0 Å². The van der Waals surface area contributed by atoms with Gasteiger partial charge in [0, 0.05) is 28.0 Å². The van der Waals surface area contributed by atoms with Crippen molar-refractivity contribution in [3.63, 3.8) is 0 Å². The Morgan fingerprint density at radius 2 is 1.70 bits per heavy atom. The van der Waals surface area contributed by atoms with Crippen molar-refractivity contribution < 1.29 is 13.0 Å². The van der Waals surface area contributed by atoms with Gasteiger partial charge in [0.1, 0.15) is 11.6 Å².